The van der Waals surface area contributed by atoms with Gasteiger partial charge in [-0.1, -0.05) is 60.7 Å². The van der Waals surface area contributed by atoms with E-state index in [4.69, 9.17) is 4.74 Å². The molecule has 0 aromatic heterocycles. The number of rotatable bonds is 4. The molecule has 0 amide bonds. The van der Waals surface area contributed by atoms with Gasteiger partial charge in [0.15, 0.2) is 0 Å². The van der Waals surface area contributed by atoms with Crippen LogP contribution in [0.1, 0.15) is 30.4 Å². The van der Waals surface area contributed by atoms with E-state index < -0.39 is 5.41 Å². The van der Waals surface area contributed by atoms with Crippen LogP contribution in [0.4, 0.5) is 0 Å². The van der Waals surface area contributed by atoms with Gasteiger partial charge in [-0.15, -0.1) is 0 Å². The highest BCUT2D eigenvalue weighted by molar-refractivity contribution is 5.45. The first kappa shape index (κ1) is 21.3. The summed E-state index contributed by atoms with van der Waals surface area (Å²) in [6.45, 7) is 1.69. The number of fused-ring (bicyclic) bond motifs is 2. The maximum Gasteiger partial charge on any atom is 0.113 e. The molecule has 2 saturated heterocycles. The van der Waals surface area contributed by atoms with E-state index in [0.717, 1.165) is 48.1 Å². The minimum atomic E-state index is -0.586. The van der Waals surface area contributed by atoms with Gasteiger partial charge in [-0.25, -0.2) is 0 Å². The molecular weight excluding hydrogens is 459 g/mol. The summed E-state index contributed by atoms with van der Waals surface area (Å²) in [5.74, 6) is 0.537. The van der Waals surface area contributed by atoms with Gasteiger partial charge in [0.1, 0.15) is 17.5 Å². The SMILES string of the molecule is C[N+]1(C)C2COCC1CC(CC(C#N)(c1ccccc1)c1ccccc1)C2.[I-]. The fourth-order valence-electron chi connectivity index (χ4n) is 5.19. The van der Waals surface area contributed by atoms with Gasteiger partial charge >= 0.3 is 0 Å². The van der Waals surface area contributed by atoms with Gasteiger partial charge in [-0.05, 0) is 23.5 Å². The largest absolute Gasteiger partial charge is 1.00 e. The Morgan fingerprint density at radius 3 is 1.82 bits per heavy atom. The summed E-state index contributed by atoms with van der Waals surface area (Å²) in [5, 5.41) is 10.4. The third-order valence-corrected chi connectivity index (χ3v) is 7.03. The zero-order chi connectivity index (χ0) is 18.9. The lowest BCUT2D eigenvalue weighted by molar-refractivity contribution is -0.953. The average Bonchev–Trinajstić information content (AvgIpc) is 2.68. The summed E-state index contributed by atoms with van der Waals surface area (Å²) >= 11 is 0. The Labute approximate surface area is 185 Å². The van der Waals surface area contributed by atoms with Crippen molar-refractivity contribution in [2.45, 2.75) is 36.8 Å². The number of piperidine rings is 1. The van der Waals surface area contributed by atoms with Gasteiger partial charge in [0.25, 0.3) is 0 Å². The van der Waals surface area contributed by atoms with Gasteiger partial charge < -0.3 is 33.2 Å². The lowest BCUT2D eigenvalue weighted by atomic mass is 9.67. The lowest BCUT2D eigenvalue weighted by Gasteiger charge is -2.53. The zero-order valence-corrected chi connectivity index (χ0v) is 18.9. The minimum Gasteiger partial charge on any atom is -1.00 e. The first-order valence-electron chi connectivity index (χ1n) is 9.99. The molecule has 28 heavy (non-hydrogen) atoms. The van der Waals surface area contributed by atoms with E-state index in [-0.39, 0.29) is 24.0 Å². The molecular formula is C24H29IN2O. The van der Waals surface area contributed by atoms with Crippen LogP contribution in [0.3, 0.4) is 0 Å². The van der Waals surface area contributed by atoms with Crippen molar-refractivity contribution in [2.75, 3.05) is 27.3 Å². The fourth-order valence-corrected chi connectivity index (χ4v) is 5.19. The Morgan fingerprint density at radius 1 is 0.929 bits per heavy atom. The highest BCUT2D eigenvalue weighted by Crippen LogP contribution is 2.44. The molecule has 2 heterocycles. The fraction of sp³-hybridized carbons (Fsp3) is 0.458. The normalized spacial score (nSPS) is 26.0. The van der Waals surface area contributed by atoms with Crippen LogP contribution in [0.5, 0.6) is 0 Å². The van der Waals surface area contributed by atoms with Crippen LogP contribution >= 0.6 is 0 Å². The molecule has 2 aromatic rings. The van der Waals surface area contributed by atoms with E-state index in [0.29, 0.717) is 18.0 Å². The second-order valence-electron chi connectivity index (χ2n) is 8.76. The van der Waals surface area contributed by atoms with Crippen molar-refractivity contribution in [3.8, 4) is 6.07 Å². The van der Waals surface area contributed by atoms with Crippen LogP contribution in [0.15, 0.2) is 60.7 Å². The van der Waals surface area contributed by atoms with Crippen LogP contribution in [-0.4, -0.2) is 43.9 Å². The number of nitriles is 1. The molecule has 0 spiro atoms. The predicted octanol–water partition coefficient (Wildman–Crippen LogP) is 1.14. The number of quaternary nitrogens is 1. The van der Waals surface area contributed by atoms with Crippen molar-refractivity contribution < 1.29 is 33.2 Å². The maximum atomic E-state index is 10.4. The number of hydrogen-bond donors (Lipinski definition) is 0. The number of likely N-dealkylation sites (N-methyl/N-ethyl adjacent to an activating group) is 1. The second-order valence-corrected chi connectivity index (χ2v) is 8.76. The molecule has 2 aromatic carbocycles. The van der Waals surface area contributed by atoms with E-state index in [1.807, 2.05) is 36.4 Å². The van der Waals surface area contributed by atoms with E-state index >= 15 is 0 Å². The van der Waals surface area contributed by atoms with Crippen molar-refractivity contribution in [2.24, 2.45) is 5.92 Å². The molecule has 3 nitrogen and oxygen atoms in total. The molecule has 0 aliphatic carbocycles. The van der Waals surface area contributed by atoms with Crippen LogP contribution < -0.4 is 24.0 Å². The maximum absolute atomic E-state index is 10.4. The number of nitrogens with zero attached hydrogens (tertiary/aromatic N) is 2. The third kappa shape index (κ3) is 3.72. The van der Waals surface area contributed by atoms with Crippen molar-refractivity contribution in [3.63, 3.8) is 0 Å². The van der Waals surface area contributed by atoms with Crippen molar-refractivity contribution in [3.05, 3.63) is 71.8 Å². The van der Waals surface area contributed by atoms with Crippen LogP contribution in [0.25, 0.3) is 0 Å². The van der Waals surface area contributed by atoms with Gasteiger partial charge in [0.05, 0.1) is 33.4 Å². The number of hydrogen-bond acceptors (Lipinski definition) is 2. The van der Waals surface area contributed by atoms with Crippen LogP contribution in [0.2, 0.25) is 0 Å². The predicted molar refractivity (Wildman–Crippen MR) is 107 cm³/mol. The Kier molecular flexibility index (Phi) is 6.48. The molecule has 2 aliphatic rings. The van der Waals surface area contributed by atoms with Gasteiger partial charge in [0.2, 0.25) is 0 Å². The summed E-state index contributed by atoms with van der Waals surface area (Å²) in [5.41, 5.74) is 1.63. The lowest BCUT2D eigenvalue weighted by Crippen LogP contribution is -3.00. The molecule has 0 radical (unpaired) electrons. The monoisotopic (exact) mass is 488 g/mol. The van der Waals surface area contributed by atoms with Crippen molar-refractivity contribution >= 4 is 0 Å². The Morgan fingerprint density at radius 2 is 1.39 bits per heavy atom. The molecule has 148 valence electrons. The van der Waals surface area contributed by atoms with E-state index in [2.05, 4.69) is 44.4 Å². The highest BCUT2D eigenvalue weighted by Gasteiger charge is 2.49. The topological polar surface area (TPSA) is 33.0 Å². The number of morpholine rings is 1. The zero-order valence-electron chi connectivity index (χ0n) is 16.7. The van der Waals surface area contributed by atoms with Crippen molar-refractivity contribution in [1.82, 2.24) is 0 Å². The Bertz CT molecular complexity index is 760. The van der Waals surface area contributed by atoms with E-state index in [1.54, 1.807) is 0 Å². The molecule has 0 N–H and O–H groups in total. The molecule has 2 aliphatic heterocycles. The standard InChI is InChI=1S/C24H29N2O.HI/c1-26(2)22-13-19(14-23(26)17-27-16-22)15-24(18-25,20-9-5-3-6-10-20)21-11-7-4-8-12-21;/h3-12,19,22-23H,13-17H2,1-2H3;1H/q+1;/p-1. The quantitative estimate of drug-likeness (QED) is 0.478. The molecule has 2 atom stereocenters. The second kappa shape index (κ2) is 8.52. The molecule has 0 saturated carbocycles. The van der Waals surface area contributed by atoms with E-state index in [9.17, 15) is 5.26 Å². The van der Waals surface area contributed by atoms with Gasteiger partial charge in [0, 0.05) is 12.8 Å². The molecule has 2 bridgehead atoms. The molecule has 4 heteroatoms. The first-order chi connectivity index (χ1) is 13.1. The number of benzene rings is 2. The summed E-state index contributed by atoms with van der Waals surface area (Å²) in [6.07, 6.45) is 3.14. The van der Waals surface area contributed by atoms with Crippen LogP contribution in [-0.2, 0) is 10.2 Å². The van der Waals surface area contributed by atoms with E-state index in [1.165, 1.54) is 0 Å². The first-order valence-corrected chi connectivity index (χ1v) is 9.99. The van der Waals surface area contributed by atoms with Gasteiger partial charge in [-0.2, -0.15) is 5.26 Å². The van der Waals surface area contributed by atoms with Crippen LogP contribution in [0, 0.1) is 17.2 Å². The Hall–Kier alpha value is -1.42. The number of ether oxygens (including phenoxy) is 1. The summed E-state index contributed by atoms with van der Waals surface area (Å²) in [4.78, 5) is 0. The smallest absolute Gasteiger partial charge is 0.113 e. The highest BCUT2D eigenvalue weighted by atomic mass is 127. The molecule has 4 rings (SSSR count). The van der Waals surface area contributed by atoms with Crippen molar-refractivity contribution in [1.29, 1.82) is 5.26 Å². The minimum absolute atomic E-state index is 0. The number of halogens is 1. The third-order valence-electron chi connectivity index (χ3n) is 7.03. The summed E-state index contributed by atoms with van der Waals surface area (Å²) in [7, 11) is 4.69. The summed E-state index contributed by atoms with van der Waals surface area (Å²) in [6, 6.07) is 24.5. The Balaban J connectivity index is 0.00000225. The molecule has 2 fully saturated rings. The molecule has 2 unspecified atom stereocenters. The summed E-state index contributed by atoms with van der Waals surface area (Å²) < 4.78 is 6.93. The van der Waals surface area contributed by atoms with Gasteiger partial charge in [-0.3, -0.25) is 0 Å². The average molecular weight is 488 g/mol.